The highest BCUT2D eigenvalue weighted by molar-refractivity contribution is 7.80. The molecule has 0 bridgehead atoms. The lowest BCUT2D eigenvalue weighted by molar-refractivity contribution is -0.384. The number of aryl methyl sites for hydroxylation is 1. The summed E-state index contributed by atoms with van der Waals surface area (Å²) in [5, 5.41) is 32.1. The topological polar surface area (TPSA) is 116 Å². The summed E-state index contributed by atoms with van der Waals surface area (Å²) >= 11 is 5.11. The standard InChI is InChI=1S/C16H13N5O3S/c1-9-3-2-4-10(7-9)17-16(25)20-19-14-12-8-11(21(23)24)5-6-13(12)18-15(14)22/h2-8,18,22H,1H3,(H,17,25). The number of benzene rings is 2. The zero-order valence-electron chi connectivity index (χ0n) is 13.1. The molecular weight excluding hydrogens is 342 g/mol. The van der Waals surface area contributed by atoms with Crippen LogP contribution in [0, 0.1) is 17.0 Å². The molecule has 8 nitrogen and oxygen atoms in total. The van der Waals surface area contributed by atoms with Crippen molar-refractivity contribution < 1.29 is 10.0 Å². The molecule has 0 saturated carbocycles. The molecule has 126 valence electrons. The molecule has 3 N–H and O–H groups in total. The van der Waals surface area contributed by atoms with Gasteiger partial charge in [0, 0.05) is 23.2 Å². The molecule has 0 aliphatic carbocycles. The minimum Gasteiger partial charge on any atom is -0.493 e. The van der Waals surface area contributed by atoms with Crippen molar-refractivity contribution in [3.63, 3.8) is 0 Å². The molecule has 2 aromatic carbocycles. The van der Waals surface area contributed by atoms with Gasteiger partial charge >= 0.3 is 0 Å². The Labute approximate surface area is 147 Å². The lowest BCUT2D eigenvalue weighted by Crippen LogP contribution is -2.04. The van der Waals surface area contributed by atoms with Crippen LogP contribution in [0.2, 0.25) is 0 Å². The van der Waals surface area contributed by atoms with Crippen molar-refractivity contribution >= 4 is 45.3 Å². The summed E-state index contributed by atoms with van der Waals surface area (Å²) in [6.07, 6.45) is 0. The van der Waals surface area contributed by atoms with E-state index in [9.17, 15) is 15.2 Å². The van der Waals surface area contributed by atoms with Gasteiger partial charge in [-0.25, -0.2) is 0 Å². The largest absolute Gasteiger partial charge is 0.493 e. The number of thiocarbonyl (C=S) groups is 1. The Morgan fingerprint density at radius 1 is 1.32 bits per heavy atom. The van der Waals surface area contributed by atoms with Gasteiger partial charge < -0.3 is 15.4 Å². The van der Waals surface area contributed by atoms with E-state index in [-0.39, 0.29) is 22.4 Å². The molecule has 0 unspecified atom stereocenters. The fraction of sp³-hybridized carbons (Fsp3) is 0.0625. The molecule has 0 radical (unpaired) electrons. The monoisotopic (exact) mass is 355 g/mol. The number of nitro benzene ring substituents is 1. The van der Waals surface area contributed by atoms with E-state index in [0.29, 0.717) is 10.9 Å². The van der Waals surface area contributed by atoms with Crippen LogP contribution in [-0.4, -0.2) is 20.1 Å². The van der Waals surface area contributed by atoms with E-state index >= 15 is 0 Å². The highest BCUT2D eigenvalue weighted by Crippen LogP contribution is 2.37. The number of hydrogen-bond donors (Lipinski definition) is 3. The third-order valence-electron chi connectivity index (χ3n) is 3.46. The van der Waals surface area contributed by atoms with Gasteiger partial charge in [-0.1, -0.05) is 12.1 Å². The molecule has 0 atom stereocenters. The summed E-state index contributed by atoms with van der Waals surface area (Å²) in [7, 11) is 0. The number of rotatable bonds is 3. The van der Waals surface area contributed by atoms with E-state index in [4.69, 9.17) is 12.2 Å². The number of hydrogen-bond acceptors (Lipinski definition) is 5. The number of anilines is 1. The van der Waals surface area contributed by atoms with E-state index in [0.717, 1.165) is 11.3 Å². The van der Waals surface area contributed by atoms with Crippen LogP contribution >= 0.6 is 12.2 Å². The van der Waals surface area contributed by atoms with Crippen molar-refractivity contribution in [3.8, 4) is 5.88 Å². The molecule has 0 fully saturated rings. The van der Waals surface area contributed by atoms with Gasteiger partial charge in [0.25, 0.3) is 5.69 Å². The Hall–Kier alpha value is -3.33. The van der Waals surface area contributed by atoms with Gasteiger partial charge in [0.2, 0.25) is 11.0 Å². The number of fused-ring (bicyclic) bond motifs is 1. The fourth-order valence-corrected chi connectivity index (χ4v) is 2.49. The third-order valence-corrected chi connectivity index (χ3v) is 3.64. The molecule has 1 heterocycles. The van der Waals surface area contributed by atoms with Crippen LogP contribution in [0.25, 0.3) is 10.9 Å². The van der Waals surface area contributed by atoms with Crippen molar-refractivity contribution in [2.75, 3.05) is 5.32 Å². The average molecular weight is 355 g/mol. The number of nitro groups is 1. The maximum absolute atomic E-state index is 10.9. The van der Waals surface area contributed by atoms with Gasteiger partial charge in [0.15, 0.2) is 5.69 Å². The summed E-state index contributed by atoms with van der Waals surface area (Å²) in [6, 6.07) is 11.7. The van der Waals surface area contributed by atoms with Gasteiger partial charge in [-0.05, 0) is 42.9 Å². The zero-order valence-corrected chi connectivity index (χ0v) is 13.9. The number of azo groups is 1. The van der Waals surface area contributed by atoms with Crippen molar-refractivity contribution in [3.05, 3.63) is 58.1 Å². The second kappa shape index (κ2) is 6.65. The summed E-state index contributed by atoms with van der Waals surface area (Å²) in [5.41, 5.74) is 2.32. The molecule has 0 saturated heterocycles. The normalized spacial score (nSPS) is 11.1. The minimum atomic E-state index is -0.520. The Morgan fingerprint density at radius 2 is 2.12 bits per heavy atom. The van der Waals surface area contributed by atoms with Gasteiger partial charge in [-0.2, -0.15) is 0 Å². The summed E-state index contributed by atoms with van der Waals surface area (Å²) in [4.78, 5) is 13.1. The number of aromatic amines is 1. The highest BCUT2D eigenvalue weighted by atomic mass is 32.1. The predicted octanol–water partition coefficient (Wildman–Crippen LogP) is 4.57. The van der Waals surface area contributed by atoms with Crippen LogP contribution < -0.4 is 5.32 Å². The Morgan fingerprint density at radius 3 is 2.84 bits per heavy atom. The molecular formula is C16H13N5O3S. The van der Waals surface area contributed by atoms with Crippen molar-refractivity contribution in [1.82, 2.24) is 4.98 Å². The number of aromatic nitrogens is 1. The quantitative estimate of drug-likeness (QED) is 0.275. The van der Waals surface area contributed by atoms with Crippen LogP contribution in [0.3, 0.4) is 0 Å². The molecule has 25 heavy (non-hydrogen) atoms. The number of nitrogens with zero attached hydrogens (tertiary/aromatic N) is 3. The number of aromatic hydroxyl groups is 1. The Balaban J connectivity index is 1.87. The second-order valence-corrected chi connectivity index (χ2v) is 5.70. The van der Waals surface area contributed by atoms with Gasteiger partial charge in [-0.15, -0.1) is 10.2 Å². The first-order valence-electron chi connectivity index (χ1n) is 7.22. The maximum Gasteiger partial charge on any atom is 0.270 e. The molecule has 9 heteroatoms. The number of non-ortho nitro benzene ring substituents is 1. The first-order valence-corrected chi connectivity index (χ1v) is 7.63. The van der Waals surface area contributed by atoms with E-state index in [1.807, 2.05) is 31.2 Å². The van der Waals surface area contributed by atoms with Crippen LogP contribution in [0.1, 0.15) is 5.56 Å². The summed E-state index contributed by atoms with van der Waals surface area (Å²) in [6.45, 7) is 1.95. The third kappa shape index (κ3) is 3.61. The first-order chi connectivity index (χ1) is 11.9. The SMILES string of the molecule is Cc1cccc(NC(=S)N=Nc2c(O)[nH]c3ccc([N+](=O)[O-])cc23)c1. The van der Waals surface area contributed by atoms with Crippen molar-refractivity contribution in [2.24, 2.45) is 10.2 Å². The van der Waals surface area contributed by atoms with Gasteiger partial charge in [-0.3, -0.25) is 10.1 Å². The van der Waals surface area contributed by atoms with E-state index in [1.165, 1.54) is 18.2 Å². The Kier molecular flexibility index (Phi) is 4.40. The van der Waals surface area contributed by atoms with Gasteiger partial charge in [0.05, 0.1) is 10.4 Å². The molecule has 0 aliphatic rings. The van der Waals surface area contributed by atoms with E-state index in [1.54, 1.807) is 0 Å². The van der Waals surface area contributed by atoms with Crippen LogP contribution in [-0.2, 0) is 0 Å². The average Bonchev–Trinajstić information content (AvgIpc) is 2.87. The van der Waals surface area contributed by atoms with E-state index in [2.05, 4.69) is 20.5 Å². The van der Waals surface area contributed by atoms with Crippen LogP contribution in [0.4, 0.5) is 17.1 Å². The Bertz CT molecular complexity index is 1010. The number of nitrogens with one attached hydrogen (secondary N) is 2. The lowest BCUT2D eigenvalue weighted by Gasteiger charge is -2.03. The minimum absolute atomic E-state index is 0.0899. The van der Waals surface area contributed by atoms with Crippen molar-refractivity contribution in [2.45, 2.75) is 6.92 Å². The van der Waals surface area contributed by atoms with E-state index < -0.39 is 4.92 Å². The molecule has 0 aliphatic heterocycles. The van der Waals surface area contributed by atoms with Crippen molar-refractivity contribution in [1.29, 1.82) is 0 Å². The summed E-state index contributed by atoms with van der Waals surface area (Å²) < 4.78 is 0. The fourth-order valence-electron chi connectivity index (χ4n) is 2.33. The summed E-state index contributed by atoms with van der Waals surface area (Å²) in [5.74, 6) is -0.238. The molecule has 0 spiro atoms. The number of H-pyrrole nitrogens is 1. The molecule has 1 aromatic heterocycles. The maximum atomic E-state index is 10.9. The molecule has 3 rings (SSSR count). The molecule has 0 amide bonds. The lowest BCUT2D eigenvalue weighted by atomic mass is 10.2. The zero-order chi connectivity index (χ0) is 18.0. The van der Waals surface area contributed by atoms with Crippen LogP contribution in [0.5, 0.6) is 5.88 Å². The first kappa shape index (κ1) is 16.5. The predicted molar refractivity (Wildman–Crippen MR) is 98.5 cm³/mol. The second-order valence-electron chi connectivity index (χ2n) is 5.31. The van der Waals surface area contributed by atoms with Crippen LogP contribution in [0.15, 0.2) is 52.7 Å². The van der Waals surface area contributed by atoms with Gasteiger partial charge in [0.1, 0.15) is 0 Å². The smallest absolute Gasteiger partial charge is 0.270 e. The highest BCUT2D eigenvalue weighted by Gasteiger charge is 2.15. The molecule has 3 aromatic rings.